The molecule has 92 valence electrons. The minimum Gasteiger partial charge on any atom is -0.351 e. The van der Waals surface area contributed by atoms with Gasteiger partial charge < -0.3 is 9.80 Å². The van der Waals surface area contributed by atoms with Crippen LogP contribution in [0.2, 0.25) is 0 Å². The van der Waals surface area contributed by atoms with E-state index in [2.05, 4.69) is 43.3 Å². The number of carbonyl (C=O) groups excluding carboxylic acids is 1. The summed E-state index contributed by atoms with van der Waals surface area (Å²) in [5, 5.41) is 0. The van der Waals surface area contributed by atoms with Crippen molar-refractivity contribution < 1.29 is 4.79 Å². The second-order valence-electron chi connectivity index (χ2n) is 3.79. The lowest BCUT2D eigenvalue weighted by Crippen LogP contribution is -2.10. The van der Waals surface area contributed by atoms with Crippen LogP contribution in [-0.4, -0.2) is 44.4 Å². The van der Waals surface area contributed by atoms with Crippen LogP contribution in [0.25, 0.3) is 0 Å². The van der Waals surface area contributed by atoms with E-state index in [9.17, 15) is 4.79 Å². The summed E-state index contributed by atoms with van der Waals surface area (Å²) in [6, 6.07) is 10.5. The summed E-state index contributed by atoms with van der Waals surface area (Å²) in [6.07, 6.45) is 0.750. The van der Waals surface area contributed by atoms with Gasteiger partial charge in [-0.25, -0.2) is 0 Å². The van der Waals surface area contributed by atoms with Crippen molar-refractivity contribution in [2.24, 2.45) is 0 Å². The Bertz CT molecular complexity index is 263. The van der Waals surface area contributed by atoms with Gasteiger partial charge >= 0.3 is 0 Å². The van der Waals surface area contributed by atoms with Crippen molar-refractivity contribution >= 4 is 18.8 Å². The third-order valence-corrected chi connectivity index (χ3v) is 1.55. The Morgan fingerprint density at radius 3 is 1.81 bits per heavy atom. The fourth-order valence-corrected chi connectivity index (χ4v) is 0.949. The normalized spacial score (nSPS) is 8.56. The van der Waals surface area contributed by atoms with Crippen LogP contribution in [0, 0.1) is 0 Å². The van der Waals surface area contributed by atoms with Gasteiger partial charge in [0, 0.05) is 20.6 Å². The lowest BCUT2D eigenvalue weighted by molar-refractivity contribution is -0.115. The molecule has 3 nitrogen and oxygen atoms in total. The van der Waals surface area contributed by atoms with E-state index < -0.39 is 0 Å². The van der Waals surface area contributed by atoms with E-state index in [1.165, 1.54) is 10.5 Å². The average Bonchev–Trinajstić information content (AvgIpc) is 2.19. The second kappa shape index (κ2) is 10.5. The zero-order chi connectivity index (χ0) is 11.7. The van der Waals surface area contributed by atoms with Crippen molar-refractivity contribution in [2.75, 3.05) is 28.2 Å². The molecular weight excluding hydrogens is 224 g/mol. The van der Waals surface area contributed by atoms with Crippen LogP contribution >= 0.6 is 12.4 Å². The number of nitrogens with zero attached hydrogens (tertiary/aromatic N) is 2. The first-order valence-corrected chi connectivity index (χ1v) is 4.86. The van der Waals surface area contributed by atoms with Crippen molar-refractivity contribution in [3.63, 3.8) is 0 Å². The van der Waals surface area contributed by atoms with Crippen molar-refractivity contribution in [3.05, 3.63) is 35.9 Å². The highest BCUT2D eigenvalue weighted by Gasteiger charge is 1.90. The lowest BCUT2D eigenvalue weighted by Gasteiger charge is -2.08. The zero-order valence-corrected chi connectivity index (χ0v) is 11.2. The van der Waals surface area contributed by atoms with E-state index in [-0.39, 0.29) is 12.4 Å². The van der Waals surface area contributed by atoms with Crippen molar-refractivity contribution in [1.29, 1.82) is 0 Å². The Balaban J connectivity index is 0. The van der Waals surface area contributed by atoms with Crippen molar-refractivity contribution in [3.8, 4) is 0 Å². The maximum Gasteiger partial charge on any atom is 0.209 e. The first-order valence-electron chi connectivity index (χ1n) is 4.86. The highest BCUT2D eigenvalue weighted by molar-refractivity contribution is 5.85. The van der Waals surface area contributed by atoms with Crippen LogP contribution in [0.4, 0.5) is 0 Å². The van der Waals surface area contributed by atoms with Gasteiger partial charge in [-0.1, -0.05) is 30.3 Å². The van der Waals surface area contributed by atoms with Crippen LogP contribution in [0.3, 0.4) is 0 Å². The Labute approximate surface area is 104 Å². The van der Waals surface area contributed by atoms with Crippen LogP contribution in [0.15, 0.2) is 30.3 Å². The van der Waals surface area contributed by atoms with E-state index >= 15 is 0 Å². The predicted molar refractivity (Wildman–Crippen MR) is 70.8 cm³/mol. The van der Waals surface area contributed by atoms with Gasteiger partial charge in [-0.15, -0.1) is 12.4 Å². The SMILES string of the molecule is CN(C)C=O.CN(C)Cc1ccccc1.Cl. The molecule has 0 heterocycles. The van der Waals surface area contributed by atoms with Crippen LogP contribution < -0.4 is 0 Å². The topological polar surface area (TPSA) is 23.6 Å². The third-order valence-electron chi connectivity index (χ3n) is 1.55. The van der Waals surface area contributed by atoms with Gasteiger partial charge in [0.15, 0.2) is 0 Å². The fourth-order valence-electron chi connectivity index (χ4n) is 0.949. The third kappa shape index (κ3) is 11.0. The number of amides is 1. The molecule has 1 rings (SSSR count). The van der Waals surface area contributed by atoms with Gasteiger partial charge in [0.2, 0.25) is 6.41 Å². The smallest absolute Gasteiger partial charge is 0.209 e. The van der Waals surface area contributed by atoms with Crippen molar-refractivity contribution in [1.82, 2.24) is 9.80 Å². The predicted octanol–water partition coefficient (Wildman–Crippen LogP) is 1.87. The molecule has 0 atom stereocenters. The highest BCUT2D eigenvalue weighted by Crippen LogP contribution is 1.99. The van der Waals surface area contributed by atoms with Crippen LogP contribution in [0.5, 0.6) is 0 Å². The zero-order valence-electron chi connectivity index (χ0n) is 10.4. The number of rotatable bonds is 3. The number of halogens is 1. The molecule has 0 aliphatic carbocycles. The molecular formula is C12H21ClN2O. The van der Waals surface area contributed by atoms with E-state index in [1.807, 2.05) is 6.07 Å². The Hall–Kier alpha value is -1.06. The maximum absolute atomic E-state index is 9.43. The van der Waals surface area contributed by atoms with E-state index in [0.29, 0.717) is 0 Å². The van der Waals surface area contributed by atoms with Crippen LogP contribution in [-0.2, 0) is 11.3 Å². The average molecular weight is 245 g/mol. The molecule has 0 fully saturated rings. The van der Waals surface area contributed by atoms with Crippen molar-refractivity contribution in [2.45, 2.75) is 6.54 Å². The molecule has 0 saturated heterocycles. The second-order valence-corrected chi connectivity index (χ2v) is 3.79. The Morgan fingerprint density at radius 1 is 1.06 bits per heavy atom. The Kier molecular flexibility index (Phi) is 11.3. The van der Waals surface area contributed by atoms with Gasteiger partial charge in [-0.05, 0) is 19.7 Å². The molecule has 0 aliphatic rings. The molecule has 0 saturated carbocycles. The molecule has 0 spiro atoms. The first kappa shape index (κ1) is 17.3. The molecule has 0 radical (unpaired) electrons. The first-order chi connectivity index (χ1) is 7.06. The summed E-state index contributed by atoms with van der Waals surface area (Å²) in [6.45, 7) is 1.03. The molecule has 1 aromatic carbocycles. The summed E-state index contributed by atoms with van der Waals surface area (Å²) in [5.41, 5.74) is 1.37. The van der Waals surface area contributed by atoms with Gasteiger partial charge in [0.05, 0.1) is 0 Å². The number of hydrogen-bond donors (Lipinski definition) is 0. The molecule has 1 amide bonds. The van der Waals surface area contributed by atoms with Gasteiger partial charge in [-0.3, -0.25) is 4.79 Å². The van der Waals surface area contributed by atoms with E-state index in [0.717, 1.165) is 13.0 Å². The minimum atomic E-state index is 0. The Morgan fingerprint density at radius 2 is 1.50 bits per heavy atom. The number of carbonyl (C=O) groups is 1. The van der Waals surface area contributed by atoms with Crippen LogP contribution in [0.1, 0.15) is 5.56 Å². The highest BCUT2D eigenvalue weighted by atomic mass is 35.5. The quantitative estimate of drug-likeness (QED) is 0.758. The summed E-state index contributed by atoms with van der Waals surface area (Å²) in [7, 11) is 7.53. The minimum absolute atomic E-state index is 0. The molecule has 1 aromatic rings. The molecule has 0 bridgehead atoms. The van der Waals surface area contributed by atoms with E-state index in [4.69, 9.17) is 0 Å². The molecule has 0 N–H and O–H groups in total. The molecule has 0 aromatic heterocycles. The summed E-state index contributed by atoms with van der Waals surface area (Å²) in [5.74, 6) is 0. The van der Waals surface area contributed by atoms with Gasteiger partial charge in [0.25, 0.3) is 0 Å². The molecule has 16 heavy (non-hydrogen) atoms. The van der Waals surface area contributed by atoms with E-state index in [1.54, 1.807) is 14.1 Å². The summed E-state index contributed by atoms with van der Waals surface area (Å²) in [4.78, 5) is 13.0. The lowest BCUT2D eigenvalue weighted by atomic mass is 10.2. The molecule has 0 aliphatic heterocycles. The van der Waals surface area contributed by atoms with Gasteiger partial charge in [0.1, 0.15) is 0 Å². The molecule has 4 heteroatoms. The molecule has 0 unspecified atom stereocenters. The summed E-state index contributed by atoms with van der Waals surface area (Å²) >= 11 is 0. The number of hydrogen-bond acceptors (Lipinski definition) is 2. The van der Waals surface area contributed by atoms with Gasteiger partial charge in [-0.2, -0.15) is 0 Å². The standard InChI is InChI=1S/C9H13N.C3H7NO.ClH/c1-10(2)8-9-6-4-3-5-7-9;1-4(2)3-5;/h3-7H,8H2,1-2H3;3H,1-2H3;1H. The fraction of sp³-hybridized carbons (Fsp3) is 0.417. The largest absolute Gasteiger partial charge is 0.351 e. The summed E-state index contributed by atoms with van der Waals surface area (Å²) < 4.78 is 0. The maximum atomic E-state index is 9.43. The number of benzene rings is 1. The monoisotopic (exact) mass is 244 g/mol.